The Kier molecular flexibility index (Phi) is 10.8. The smallest absolute Gasteiger partial charge is 0.417 e. The van der Waals surface area contributed by atoms with Crippen LogP contribution in [0.15, 0.2) is 92.9 Å². The molecule has 342 valence electrons. The van der Waals surface area contributed by atoms with Gasteiger partial charge < -0.3 is 23.9 Å². The summed E-state index contributed by atoms with van der Waals surface area (Å²) in [7, 11) is 5.86. The second kappa shape index (κ2) is 16.1. The minimum atomic E-state index is -4.80. The lowest BCUT2D eigenvalue weighted by Gasteiger charge is -2.49. The molecular formula is C44H37Cl2F3N8O9. The predicted octanol–water partition coefficient (Wildman–Crippen LogP) is 5.37. The highest BCUT2D eigenvalue weighted by Gasteiger charge is 2.69. The van der Waals surface area contributed by atoms with Crippen molar-refractivity contribution >= 4 is 51.9 Å². The molecule has 4 atom stereocenters. The number of allylic oxidation sites excluding steroid dienone is 2. The van der Waals surface area contributed by atoms with E-state index >= 15 is 4.79 Å². The molecule has 3 aliphatic rings. The number of aryl methyl sites for hydroxylation is 2. The van der Waals surface area contributed by atoms with Crippen LogP contribution in [0.5, 0.6) is 23.0 Å². The predicted molar refractivity (Wildman–Crippen MR) is 232 cm³/mol. The van der Waals surface area contributed by atoms with Crippen molar-refractivity contribution in [1.82, 2.24) is 33.5 Å². The molecule has 17 nitrogen and oxygen atoms in total. The Labute approximate surface area is 380 Å². The van der Waals surface area contributed by atoms with Crippen molar-refractivity contribution in [3.63, 3.8) is 0 Å². The molecule has 2 aliphatic heterocycles. The first-order valence-corrected chi connectivity index (χ1v) is 20.9. The number of aromatic nitrogens is 6. The van der Waals surface area contributed by atoms with Gasteiger partial charge in [0.15, 0.2) is 17.3 Å². The summed E-state index contributed by atoms with van der Waals surface area (Å²) in [5.74, 6) is -4.15. The molecule has 66 heavy (non-hydrogen) atoms. The van der Waals surface area contributed by atoms with E-state index in [0.29, 0.717) is 50.4 Å². The maximum Gasteiger partial charge on any atom is 0.417 e. The number of hydrazine groups is 1. The van der Waals surface area contributed by atoms with E-state index in [4.69, 9.17) is 37.4 Å². The summed E-state index contributed by atoms with van der Waals surface area (Å²) in [6, 6.07) is 13.2. The van der Waals surface area contributed by atoms with Crippen molar-refractivity contribution in [2.75, 3.05) is 26.8 Å². The number of aromatic hydroxyl groups is 1. The number of phenolic OH excluding ortho intramolecular Hbond substituents is 1. The number of carbonyl (C=O) groups excluding carboxylic acids is 2. The third kappa shape index (κ3) is 6.71. The van der Waals surface area contributed by atoms with Crippen LogP contribution in [0.4, 0.5) is 19.0 Å². The van der Waals surface area contributed by atoms with Gasteiger partial charge in [0.1, 0.15) is 17.2 Å². The molecule has 2 N–H and O–H groups in total. The van der Waals surface area contributed by atoms with E-state index in [1.807, 2.05) is 0 Å². The van der Waals surface area contributed by atoms with Crippen LogP contribution in [0.1, 0.15) is 40.8 Å². The van der Waals surface area contributed by atoms with Gasteiger partial charge >= 0.3 is 17.6 Å². The second-order valence-corrected chi connectivity index (χ2v) is 16.7. The summed E-state index contributed by atoms with van der Waals surface area (Å²) in [6.07, 6.45) is -3.05. The molecule has 0 radical (unpaired) electrons. The number of phenols is 1. The average molecular weight is 950 g/mol. The molecule has 1 saturated heterocycles. The molecule has 9 rings (SSSR count). The standard InChI is InChI=1S/C44H37Cl2F3N8O9/c1-53-32-19-35(66-4)34(65-3)18-30(32)51-29(39(53)60)12-13-54-41(62)55-14-11-25-31(57(55)42(54)63)17-27-38(59)56(52-37-28(46)15-22(20-50-37)44(47,48)49)40(61)43(27,21-5-7-23(45)8-6-21)36(25)26-16-24(64-2)9-10-33(26)58/h5-11,15-16,18-20,27,31,36,58H,12-14,17H2,1-4H3,(H,50,52)/t27-,31+,36+,43+/m0/s1. The van der Waals surface area contributed by atoms with E-state index in [2.05, 4.69) is 15.4 Å². The van der Waals surface area contributed by atoms with Gasteiger partial charge in [-0.1, -0.05) is 41.4 Å². The first-order valence-electron chi connectivity index (χ1n) is 20.2. The summed E-state index contributed by atoms with van der Waals surface area (Å²) in [5, 5.41) is 12.1. The van der Waals surface area contributed by atoms with Crippen LogP contribution in [0, 0.1) is 5.92 Å². The van der Waals surface area contributed by atoms with Crippen LogP contribution in [-0.2, 0) is 47.7 Å². The SMILES string of the molecule is COc1ccc(O)c([C@H]2C3=CCn4c(=O)n(CCc5nc6cc(OC)c(OC)cc6n(C)c5=O)c(=O)n4[C@@H]3C[C@H]3C(=O)N(Nc4ncc(C(F)(F)F)cc4Cl)C(=O)[C@@]23c2ccc(Cl)cc2)c1. The van der Waals surface area contributed by atoms with Crippen molar-refractivity contribution in [2.45, 2.75) is 49.5 Å². The van der Waals surface area contributed by atoms with Gasteiger partial charge in [-0.3, -0.25) is 19.8 Å². The molecule has 2 fully saturated rings. The van der Waals surface area contributed by atoms with Crippen molar-refractivity contribution < 1.29 is 42.1 Å². The lowest BCUT2D eigenvalue weighted by Crippen LogP contribution is -2.53. The van der Waals surface area contributed by atoms with Crippen LogP contribution in [0.2, 0.25) is 10.0 Å². The van der Waals surface area contributed by atoms with Gasteiger partial charge in [-0.05, 0) is 54.0 Å². The fourth-order valence-corrected chi connectivity index (χ4v) is 9.94. The minimum absolute atomic E-state index is 0.0563. The fourth-order valence-electron chi connectivity index (χ4n) is 9.61. The Morgan fingerprint density at radius 3 is 2.30 bits per heavy atom. The number of alkyl halides is 3. The number of hydrogen-bond donors (Lipinski definition) is 2. The number of methoxy groups -OCH3 is 3. The van der Waals surface area contributed by atoms with E-state index in [1.54, 1.807) is 37.4 Å². The zero-order chi connectivity index (χ0) is 47.1. The minimum Gasteiger partial charge on any atom is -0.508 e. The Morgan fingerprint density at radius 1 is 0.924 bits per heavy atom. The number of ether oxygens (including phenoxy) is 3. The zero-order valence-corrected chi connectivity index (χ0v) is 36.7. The van der Waals surface area contributed by atoms with Crippen LogP contribution in [0.25, 0.3) is 11.0 Å². The number of pyridine rings is 1. The van der Waals surface area contributed by atoms with Crippen molar-refractivity contribution in [2.24, 2.45) is 13.0 Å². The Balaban J connectivity index is 1.18. The summed E-state index contributed by atoms with van der Waals surface area (Å²) >= 11 is 12.6. The van der Waals surface area contributed by atoms with Gasteiger partial charge in [0.05, 0.1) is 66.9 Å². The number of imide groups is 1. The van der Waals surface area contributed by atoms with E-state index in [1.165, 1.54) is 65.6 Å². The number of nitrogens with zero attached hydrogens (tertiary/aromatic N) is 7. The Morgan fingerprint density at radius 2 is 1.64 bits per heavy atom. The number of rotatable bonds is 10. The van der Waals surface area contributed by atoms with Gasteiger partial charge in [-0.25, -0.2) is 33.5 Å². The van der Waals surface area contributed by atoms with Crippen LogP contribution >= 0.6 is 23.2 Å². The average Bonchev–Trinajstić information content (AvgIpc) is 3.67. The van der Waals surface area contributed by atoms with E-state index in [9.17, 15) is 37.5 Å². The lowest BCUT2D eigenvalue weighted by atomic mass is 9.53. The summed E-state index contributed by atoms with van der Waals surface area (Å²) in [6.45, 7) is -0.468. The maximum atomic E-state index is 15.5. The van der Waals surface area contributed by atoms with Crippen LogP contribution < -0.4 is 36.6 Å². The van der Waals surface area contributed by atoms with Gasteiger partial charge in [0.25, 0.3) is 17.4 Å². The Bertz CT molecular complexity index is 3240. The molecule has 1 saturated carbocycles. The molecule has 22 heteroatoms. The third-order valence-electron chi connectivity index (χ3n) is 12.7. The van der Waals surface area contributed by atoms with Crippen molar-refractivity contribution in [1.29, 1.82) is 0 Å². The third-order valence-corrected chi connectivity index (χ3v) is 13.2. The topological polar surface area (TPSA) is 194 Å². The number of benzene rings is 3. The highest BCUT2D eigenvalue weighted by Crippen LogP contribution is 2.63. The molecule has 3 aromatic heterocycles. The van der Waals surface area contributed by atoms with Gasteiger partial charge in [0, 0.05) is 54.8 Å². The number of carbonyl (C=O) groups is 2. The lowest BCUT2D eigenvalue weighted by molar-refractivity contribution is -0.139. The highest BCUT2D eigenvalue weighted by atomic mass is 35.5. The monoisotopic (exact) mass is 948 g/mol. The van der Waals surface area contributed by atoms with Gasteiger partial charge in [0.2, 0.25) is 0 Å². The molecule has 1 aliphatic carbocycles. The van der Waals surface area contributed by atoms with Crippen LogP contribution in [-0.4, -0.2) is 71.7 Å². The first-order chi connectivity index (χ1) is 31.4. The largest absolute Gasteiger partial charge is 0.508 e. The second-order valence-electron chi connectivity index (χ2n) is 15.9. The first kappa shape index (κ1) is 44.2. The number of anilines is 1. The van der Waals surface area contributed by atoms with E-state index in [-0.39, 0.29) is 54.3 Å². The molecule has 0 spiro atoms. The summed E-state index contributed by atoms with van der Waals surface area (Å²) < 4.78 is 61.9. The Hall–Kier alpha value is -7.06. The normalized spacial score (nSPS) is 20.2. The summed E-state index contributed by atoms with van der Waals surface area (Å²) in [4.78, 5) is 81.3. The number of halogens is 5. The molecule has 3 aromatic carbocycles. The fraction of sp³-hybridized carbons (Fsp3) is 0.295. The molecule has 6 aromatic rings. The quantitative estimate of drug-likeness (QED) is 0.132. The summed E-state index contributed by atoms with van der Waals surface area (Å²) in [5.41, 5.74) is -0.868. The molecule has 2 amide bonds. The van der Waals surface area contributed by atoms with Crippen molar-refractivity contribution in [3.8, 4) is 23.0 Å². The van der Waals surface area contributed by atoms with Gasteiger partial charge in [-0.2, -0.15) is 18.2 Å². The molecule has 0 bridgehead atoms. The molecular weight excluding hydrogens is 912 g/mol. The van der Waals surface area contributed by atoms with E-state index < -0.39 is 74.6 Å². The van der Waals surface area contributed by atoms with E-state index in [0.717, 1.165) is 4.57 Å². The zero-order valence-electron chi connectivity index (χ0n) is 35.2. The maximum absolute atomic E-state index is 15.5. The highest BCUT2D eigenvalue weighted by molar-refractivity contribution is 6.33. The number of fused-ring (bicyclic) bond motifs is 5. The number of nitrogens with one attached hydrogen (secondary N) is 1. The van der Waals surface area contributed by atoms with Crippen molar-refractivity contribution in [3.05, 3.63) is 142 Å². The molecule has 5 heterocycles. The molecule has 0 unspecified atom stereocenters. The van der Waals surface area contributed by atoms with Crippen LogP contribution in [0.3, 0.4) is 0 Å². The van der Waals surface area contributed by atoms with Gasteiger partial charge in [-0.15, -0.1) is 0 Å². The number of amides is 2. The number of hydrogen-bond acceptors (Lipinski definition) is 12.